The van der Waals surface area contributed by atoms with E-state index in [1.807, 2.05) is 30.3 Å². The van der Waals surface area contributed by atoms with Crippen molar-refractivity contribution >= 4 is 34.6 Å². The predicted molar refractivity (Wildman–Crippen MR) is 154 cm³/mol. The third-order valence-corrected chi connectivity index (χ3v) is 6.32. The van der Waals surface area contributed by atoms with Crippen molar-refractivity contribution < 1.29 is 60.7 Å². The quantitative estimate of drug-likeness (QED) is 0.198. The van der Waals surface area contributed by atoms with Gasteiger partial charge in [-0.2, -0.15) is 26.3 Å². The molecule has 1 atom stereocenters. The first kappa shape index (κ1) is 36.9. The normalized spacial score (nSPS) is 14.3. The van der Waals surface area contributed by atoms with Gasteiger partial charge in [0.05, 0.1) is 23.9 Å². The van der Waals surface area contributed by atoms with Crippen LogP contribution in [0, 0.1) is 0 Å². The first-order valence-electron chi connectivity index (χ1n) is 13.3. The largest absolute Gasteiger partial charge is 0.491 e. The van der Waals surface area contributed by atoms with Crippen molar-refractivity contribution in [3.63, 3.8) is 0 Å². The molecular weight excluding hydrogens is 668 g/mol. The summed E-state index contributed by atoms with van der Waals surface area (Å²) in [5.74, 6) is -4.82. The van der Waals surface area contributed by atoms with Crippen molar-refractivity contribution in [3.05, 3.63) is 60.3 Å². The molecule has 19 heteroatoms. The number of carbonyl (C=O) groups is 2. The molecule has 4 aromatic rings. The van der Waals surface area contributed by atoms with Crippen molar-refractivity contribution in [3.8, 4) is 28.1 Å². The van der Waals surface area contributed by atoms with Gasteiger partial charge < -0.3 is 29.8 Å². The highest BCUT2D eigenvalue weighted by atomic mass is 35.5. The maximum atomic E-state index is 10.6. The van der Waals surface area contributed by atoms with Gasteiger partial charge in [-0.3, -0.25) is 4.90 Å². The molecule has 1 unspecified atom stereocenters. The zero-order valence-corrected chi connectivity index (χ0v) is 24.7. The molecule has 12 nitrogen and oxygen atoms in total. The van der Waals surface area contributed by atoms with Crippen LogP contribution in [0.1, 0.15) is 0 Å². The van der Waals surface area contributed by atoms with Gasteiger partial charge in [0.25, 0.3) is 0 Å². The summed E-state index contributed by atoms with van der Waals surface area (Å²) in [6.45, 7) is 3.91. The Bertz CT molecular complexity index is 1590. The molecule has 0 bridgehead atoms. The number of pyridine rings is 1. The molecule has 1 fully saturated rings. The van der Waals surface area contributed by atoms with Crippen LogP contribution >= 0.6 is 11.6 Å². The molecule has 3 aromatic heterocycles. The van der Waals surface area contributed by atoms with Crippen LogP contribution in [-0.2, 0) is 14.3 Å². The fourth-order valence-electron chi connectivity index (χ4n) is 4.03. The summed E-state index contributed by atoms with van der Waals surface area (Å²) >= 11 is 6.22. The molecule has 4 N–H and O–H groups in total. The number of carboxylic acid groups (broad SMARTS) is 2. The number of hydrogen-bond donors (Lipinski definition) is 4. The second-order valence-electron chi connectivity index (χ2n) is 9.56. The van der Waals surface area contributed by atoms with Gasteiger partial charge in [0, 0.05) is 54.7 Å². The lowest BCUT2D eigenvalue weighted by molar-refractivity contribution is -0.193. The average molecular weight is 694 g/mol. The maximum absolute atomic E-state index is 10.6. The molecule has 1 aromatic carbocycles. The summed E-state index contributed by atoms with van der Waals surface area (Å²) in [5.41, 5.74) is 4.40. The second kappa shape index (κ2) is 16.3. The number of aliphatic hydroxyl groups is 1. The van der Waals surface area contributed by atoms with E-state index in [1.165, 1.54) is 6.33 Å². The zero-order chi connectivity index (χ0) is 34.8. The van der Waals surface area contributed by atoms with Crippen molar-refractivity contribution in [1.82, 2.24) is 24.8 Å². The number of ether oxygens (including phenoxy) is 2. The number of aliphatic carboxylic acids is 2. The Kier molecular flexibility index (Phi) is 12.9. The van der Waals surface area contributed by atoms with Crippen molar-refractivity contribution in [2.45, 2.75) is 18.5 Å². The maximum Gasteiger partial charge on any atom is 0.490 e. The minimum atomic E-state index is -5.08. The number of nitrogens with one attached hydrogen (secondary N) is 1. The van der Waals surface area contributed by atoms with E-state index in [4.69, 9.17) is 40.9 Å². The van der Waals surface area contributed by atoms with Gasteiger partial charge in [0.1, 0.15) is 30.4 Å². The summed E-state index contributed by atoms with van der Waals surface area (Å²) in [5, 5.41) is 26.0. The summed E-state index contributed by atoms with van der Waals surface area (Å²) in [4.78, 5) is 36.1. The van der Waals surface area contributed by atoms with Crippen molar-refractivity contribution in [2.75, 3.05) is 39.5 Å². The molecule has 47 heavy (non-hydrogen) atoms. The van der Waals surface area contributed by atoms with E-state index in [0.717, 1.165) is 46.5 Å². The monoisotopic (exact) mass is 693 g/mol. The van der Waals surface area contributed by atoms with E-state index in [-0.39, 0.29) is 6.61 Å². The number of benzene rings is 1. The highest BCUT2D eigenvalue weighted by Gasteiger charge is 2.38. The van der Waals surface area contributed by atoms with Crippen molar-refractivity contribution in [2.24, 2.45) is 0 Å². The number of aliphatic hydroxyl groups excluding tert-OH is 1. The molecule has 0 radical (unpaired) electrons. The summed E-state index contributed by atoms with van der Waals surface area (Å²) in [7, 11) is 0. The topological polar surface area (TPSA) is 171 Å². The number of aromatic nitrogens is 4. The van der Waals surface area contributed by atoms with Gasteiger partial charge in [0.15, 0.2) is 0 Å². The molecule has 0 aliphatic carbocycles. The number of fused-ring (bicyclic) bond motifs is 1. The molecule has 254 valence electrons. The van der Waals surface area contributed by atoms with Crippen LogP contribution in [0.5, 0.6) is 5.75 Å². The number of β-amino-alcohol motifs (C(OH)–C–C–N with tert-alkyl or cyclic N) is 1. The minimum absolute atomic E-state index is 0.234. The average Bonchev–Trinajstić information content (AvgIpc) is 3.39. The zero-order valence-electron chi connectivity index (χ0n) is 23.9. The van der Waals surface area contributed by atoms with E-state index in [0.29, 0.717) is 30.5 Å². The standard InChI is InChI=1S/C24H24ClN5O3.2C2HF3O2/c25-18-9-21-22(17-10-26-15-27-11-17)23(29-24(21)28-12-18)16-1-3-20(4-2-16)33-14-19(31)13-30-5-7-32-8-6-30;2*3-2(4,5)1(6)7/h1-4,9-12,15,19,31H,5-8,13-14H2,(H,28,29);2*(H,6,7). The van der Waals surface area contributed by atoms with Gasteiger partial charge in [-0.1, -0.05) is 11.6 Å². The van der Waals surface area contributed by atoms with Gasteiger partial charge >= 0.3 is 24.3 Å². The smallest absolute Gasteiger partial charge is 0.490 e. The summed E-state index contributed by atoms with van der Waals surface area (Å²) in [6, 6.07) is 9.63. The van der Waals surface area contributed by atoms with Crippen LogP contribution in [0.25, 0.3) is 33.4 Å². The Morgan fingerprint density at radius 2 is 1.51 bits per heavy atom. The van der Waals surface area contributed by atoms with E-state index >= 15 is 0 Å². The van der Waals surface area contributed by atoms with Crippen LogP contribution in [0.4, 0.5) is 26.3 Å². The number of alkyl halides is 6. The number of aromatic amines is 1. The molecule has 1 saturated heterocycles. The van der Waals surface area contributed by atoms with Crippen LogP contribution in [0.2, 0.25) is 5.02 Å². The fraction of sp³-hybridized carbons (Fsp3) is 0.321. The summed E-state index contributed by atoms with van der Waals surface area (Å²) in [6.07, 6.45) is -4.06. The Morgan fingerprint density at radius 1 is 0.957 bits per heavy atom. The highest BCUT2D eigenvalue weighted by Crippen LogP contribution is 2.38. The third-order valence-electron chi connectivity index (χ3n) is 6.11. The Labute approximate surface area is 266 Å². The molecule has 1 aliphatic heterocycles. The lowest BCUT2D eigenvalue weighted by atomic mass is 10.0. The minimum Gasteiger partial charge on any atom is -0.491 e. The van der Waals surface area contributed by atoms with E-state index < -0.39 is 30.4 Å². The fourth-order valence-corrected chi connectivity index (χ4v) is 4.19. The summed E-state index contributed by atoms with van der Waals surface area (Å²) < 4.78 is 74.6. The molecule has 0 spiro atoms. The van der Waals surface area contributed by atoms with Gasteiger partial charge in [0.2, 0.25) is 0 Å². The lowest BCUT2D eigenvalue weighted by Gasteiger charge is -2.28. The Morgan fingerprint density at radius 3 is 2.04 bits per heavy atom. The van der Waals surface area contributed by atoms with E-state index in [1.54, 1.807) is 18.6 Å². The Hall–Kier alpha value is -4.52. The highest BCUT2D eigenvalue weighted by molar-refractivity contribution is 6.31. The predicted octanol–water partition coefficient (Wildman–Crippen LogP) is 4.68. The first-order valence-corrected chi connectivity index (χ1v) is 13.7. The molecule has 1 aliphatic rings. The number of morpholine rings is 1. The number of H-pyrrole nitrogens is 1. The number of rotatable bonds is 7. The number of nitrogens with zero attached hydrogens (tertiary/aromatic N) is 4. The molecular formula is C28H26ClF6N5O7. The second-order valence-corrected chi connectivity index (χ2v) is 10.00. The van der Waals surface area contributed by atoms with Crippen LogP contribution < -0.4 is 4.74 Å². The van der Waals surface area contributed by atoms with Crippen LogP contribution in [0.3, 0.4) is 0 Å². The van der Waals surface area contributed by atoms with Crippen LogP contribution in [-0.4, -0.2) is 110 Å². The molecule has 0 saturated carbocycles. The van der Waals surface area contributed by atoms with Gasteiger partial charge in [-0.25, -0.2) is 24.5 Å². The van der Waals surface area contributed by atoms with Crippen molar-refractivity contribution in [1.29, 1.82) is 0 Å². The molecule has 4 heterocycles. The third kappa shape index (κ3) is 11.3. The Balaban J connectivity index is 0.000000360. The van der Waals surface area contributed by atoms with Gasteiger partial charge in [-0.15, -0.1) is 0 Å². The molecule has 0 amide bonds. The first-order chi connectivity index (χ1) is 22.1. The SMILES string of the molecule is O=C(O)C(F)(F)F.O=C(O)C(F)(F)F.OC(COc1ccc(-c2[nH]c3ncc(Cl)cc3c2-c2cncnc2)cc1)CN1CCOCC1. The number of carboxylic acids is 2. The van der Waals surface area contributed by atoms with E-state index in [9.17, 15) is 31.4 Å². The molecule has 5 rings (SSSR count). The number of hydrogen-bond acceptors (Lipinski definition) is 9. The van der Waals surface area contributed by atoms with Crippen LogP contribution in [0.15, 0.2) is 55.2 Å². The lowest BCUT2D eigenvalue weighted by Crippen LogP contribution is -2.42. The van der Waals surface area contributed by atoms with Gasteiger partial charge in [-0.05, 0) is 35.9 Å². The number of halogens is 7. The van der Waals surface area contributed by atoms with E-state index in [2.05, 4.69) is 24.8 Å².